The van der Waals surface area contributed by atoms with Crippen LogP contribution < -0.4 is 11.3 Å². The van der Waals surface area contributed by atoms with Crippen molar-refractivity contribution in [1.82, 2.24) is 10.3 Å². The smallest absolute Gasteiger partial charge is 0.265 e. The van der Waals surface area contributed by atoms with E-state index < -0.39 is 0 Å². The minimum absolute atomic E-state index is 0.254. The van der Waals surface area contributed by atoms with Gasteiger partial charge in [-0.1, -0.05) is 12.1 Å². The number of amides is 1. The monoisotopic (exact) mass is 261 g/mol. The van der Waals surface area contributed by atoms with Gasteiger partial charge in [0.05, 0.1) is 12.2 Å². The van der Waals surface area contributed by atoms with Crippen molar-refractivity contribution in [3.8, 4) is 0 Å². The highest BCUT2D eigenvalue weighted by molar-refractivity contribution is 5.93. The van der Waals surface area contributed by atoms with Crippen molar-refractivity contribution in [2.45, 2.75) is 31.6 Å². The van der Waals surface area contributed by atoms with Crippen LogP contribution in [0.4, 0.5) is 0 Å². The van der Waals surface area contributed by atoms with Crippen molar-refractivity contribution in [1.29, 1.82) is 0 Å². The van der Waals surface area contributed by atoms with Gasteiger partial charge in [-0.3, -0.25) is 15.1 Å². The van der Waals surface area contributed by atoms with Crippen molar-refractivity contribution in [2.75, 3.05) is 13.1 Å². The first-order chi connectivity index (χ1) is 9.24. The van der Waals surface area contributed by atoms with Gasteiger partial charge < -0.3 is 4.74 Å². The van der Waals surface area contributed by atoms with Crippen molar-refractivity contribution in [3.63, 3.8) is 0 Å². The van der Waals surface area contributed by atoms with E-state index in [1.807, 2.05) is 24.3 Å². The SMILES string of the molecule is NNC(=O)c1ccc(CN2CC3CCC(C2)O3)cc1. The molecule has 1 amide bonds. The number of nitrogens with two attached hydrogens (primary N) is 1. The number of hydrazine groups is 1. The predicted molar refractivity (Wildman–Crippen MR) is 71.3 cm³/mol. The number of nitrogens with zero attached hydrogens (tertiary/aromatic N) is 1. The molecule has 2 atom stereocenters. The Labute approximate surface area is 112 Å². The van der Waals surface area contributed by atoms with E-state index in [0.717, 1.165) is 19.6 Å². The molecule has 2 aliphatic rings. The van der Waals surface area contributed by atoms with Gasteiger partial charge in [-0.15, -0.1) is 0 Å². The number of hydrogen-bond acceptors (Lipinski definition) is 4. The molecule has 2 fully saturated rings. The quantitative estimate of drug-likeness (QED) is 0.476. The molecule has 0 spiro atoms. The molecule has 3 rings (SSSR count). The average Bonchev–Trinajstić information content (AvgIpc) is 2.78. The Morgan fingerprint density at radius 1 is 1.26 bits per heavy atom. The number of rotatable bonds is 3. The van der Waals surface area contributed by atoms with Crippen LogP contribution in [0.2, 0.25) is 0 Å². The molecule has 102 valence electrons. The summed E-state index contributed by atoms with van der Waals surface area (Å²) >= 11 is 0. The number of morpholine rings is 1. The van der Waals surface area contributed by atoms with E-state index in [1.54, 1.807) is 0 Å². The molecule has 5 nitrogen and oxygen atoms in total. The highest BCUT2D eigenvalue weighted by Crippen LogP contribution is 2.27. The Morgan fingerprint density at radius 2 is 1.89 bits per heavy atom. The number of nitrogens with one attached hydrogen (secondary N) is 1. The van der Waals surface area contributed by atoms with Gasteiger partial charge in [0, 0.05) is 25.2 Å². The summed E-state index contributed by atoms with van der Waals surface area (Å²) in [4.78, 5) is 13.8. The minimum Gasteiger partial charge on any atom is -0.372 e. The first kappa shape index (κ1) is 12.6. The van der Waals surface area contributed by atoms with Crippen LogP contribution in [0.25, 0.3) is 0 Å². The molecule has 0 radical (unpaired) electrons. The third-order valence-corrected chi connectivity index (χ3v) is 3.87. The Bertz CT molecular complexity index is 448. The zero-order chi connectivity index (χ0) is 13.2. The number of benzene rings is 1. The third kappa shape index (κ3) is 2.78. The molecular weight excluding hydrogens is 242 g/mol. The zero-order valence-corrected chi connectivity index (χ0v) is 10.8. The van der Waals surface area contributed by atoms with E-state index >= 15 is 0 Å². The molecule has 2 unspecified atom stereocenters. The van der Waals surface area contributed by atoms with Gasteiger partial charge >= 0.3 is 0 Å². The van der Waals surface area contributed by atoms with Crippen molar-refractivity contribution in [2.24, 2.45) is 5.84 Å². The van der Waals surface area contributed by atoms with E-state index in [9.17, 15) is 4.79 Å². The molecule has 0 saturated carbocycles. The highest BCUT2D eigenvalue weighted by atomic mass is 16.5. The van der Waals surface area contributed by atoms with Crippen LogP contribution in [0.3, 0.4) is 0 Å². The maximum atomic E-state index is 11.3. The molecule has 1 aromatic rings. The fourth-order valence-electron chi connectivity index (χ4n) is 2.93. The van der Waals surface area contributed by atoms with Gasteiger partial charge in [-0.2, -0.15) is 0 Å². The fourth-order valence-corrected chi connectivity index (χ4v) is 2.93. The maximum absolute atomic E-state index is 11.3. The lowest BCUT2D eigenvalue weighted by molar-refractivity contribution is -0.0410. The van der Waals surface area contributed by atoms with E-state index in [-0.39, 0.29) is 5.91 Å². The number of nitrogen functional groups attached to an aromatic ring is 1. The number of fused-ring (bicyclic) bond motifs is 2. The van der Waals surface area contributed by atoms with Crippen LogP contribution in [-0.4, -0.2) is 36.1 Å². The molecule has 5 heteroatoms. The lowest BCUT2D eigenvalue weighted by Gasteiger charge is -2.32. The number of likely N-dealkylation sites (tertiary alicyclic amines) is 1. The third-order valence-electron chi connectivity index (χ3n) is 3.87. The van der Waals surface area contributed by atoms with E-state index in [4.69, 9.17) is 10.6 Å². The van der Waals surface area contributed by atoms with Gasteiger partial charge in [-0.25, -0.2) is 5.84 Å². The number of carbonyl (C=O) groups is 1. The van der Waals surface area contributed by atoms with Gasteiger partial charge in [0.1, 0.15) is 0 Å². The minimum atomic E-state index is -0.254. The Morgan fingerprint density at radius 3 is 2.47 bits per heavy atom. The summed E-state index contributed by atoms with van der Waals surface area (Å²) in [7, 11) is 0. The Kier molecular flexibility index (Phi) is 3.50. The molecule has 2 aliphatic heterocycles. The summed E-state index contributed by atoms with van der Waals surface area (Å²) in [5.74, 6) is 4.85. The second-order valence-corrected chi connectivity index (χ2v) is 5.32. The van der Waals surface area contributed by atoms with Crippen molar-refractivity contribution in [3.05, 3.63) is 35.4 Å². The van der Waals surface area contributed by atoms with Gasteiger partial charge in [0.2, 0.25) is 0 Å². The van der Waals surface area contributed by atoms with Crippen LogP contribution in [0, 0.1) is 0 Å². The molecule has 2 bridgehead atoms. The summed E-state index contributed by atoms with van der Waals surface area (Å²) in [6.07, 6.45) is 3.22. The van der Waals surface area contributed by atoms with E-state index in [2.05, 4.69) is 10.3 Å². The lowest BCUT2D eigenvalue weighted by atomic mass is 10.1. The van der Waals surface area contributed by atoms with Gasteiger partial charge in [0.25, 0.3) is 5.91 Å². The van der Waals surface area contributed by atoms with Crippen molar-refractivity contribution < 1.29 is 9.53 Å². The summed E-state index contributed by atoms with van der Waals surface area (Å²) < 4.78 is 5.82. The number of carbonyl (C=O) groups excluding carboxylic acids is 1. The van der Waals surface area contributed by atoms with Crippen molar-refractivity contribution >= 4 is 5.91 Å². The van der Waals surface area contributed by atoms with Crippen LogP contribution in [0.5, 0.6) is 0 Å². The number of ether oxygens (including phenoxy) is 1. The molecule has 3 N–H and O–H groups in total. The maximum Gasteiger partial charge on any atom is 0.265 e. The van der Waals surface area contributed by atoms with Crippen LogP contribution in [0.1, 0.15) is 28.8 Å². The first-order valence-corrected chi connectivity index (χ1v) is 6.72. The molecule has 0 aliphatic carbocycles. The average molecular weight is 261 g/mol. The Hall–Kier alpha value is -1.43. The van der Waals surface area contributed by atoms with Gasteiger partial charge in [0.15, 0.2) is 0 Å². The fraction of sp³-hybridized carbons (Fsp3) is 0.500. The molecule has 1 aromatic carbocycles. The topological polar surface area (TPSA) is 67.6 Å². The standard InChI is InChI=1S/C14H19N3O2/c15-16-14(18)11-3-1-10(2-4-11)7-17-8-12-5-6-13(9-17)19-12/h1-4,12-13H,5-9,15H2,(H,16,18). The molecule has 19 heavy (non-hydrogen) atoms. The molecular formula is C14H19N3O2. The summed E-state index contributed by atoms with van der Waals surface area (Å²) in [6.45, 7) is 2.95. The molecule has 0 aromatic heterocycles. The lowest BCUT2D eigenvalue weighted by Crippen LogP contribution is -2.41. The molecule has 2 heterocycles. The summed E-state index contributed by atoms with van der Waals surface area (Å²) in [5, 5.41) is 0. The summed E-state index contributed by atoms with van der Waals surface area (Å²) in [6, 6.07) is 7.60. The van der Waals surface area contributed by atoms with E-state index in [0.29, 0.717) is 17.8 Å². The van der Waals surface area contributed by atoms with Crippen LogP contribution in [-0.2, 0) is 11.3 Å². The van der Waals surface area contributed by atoms with Crippen LogP contribution in [0.15, 0.2) is 24.3 Å². The highest BCUT2D eigenvalue weighted by Gasteiger charge is 2.33. The first-order valence-electron chi connectivity index (χ1n) is 6.72. The van der Waals surface area contributed by atoms with Crippen LogP contribution >= 0.6 is 0 Å². The Balaban J connectivity index is 1.62. The second-order valence-electron chi connectivity index (χ2n) is 5.32. The van der Waals surface area contributed by atoms with Gasteiger partial charge in [-0.05, 0) is 30.5 Å². The predicted octanol–water partition coefficient (Wildman–Crippen LogP) is 0.653. The van der Waals surface area contributed by atoms with E-state index in [1.165, 1.54) is 18.4 Å². The molecule has 2 saturated heterocycles. The summed E-state index contributed by atoms with van der Waals surface area (Å²) in [5.41, 5.74) is 3.94. The number of hydrogen-bond donors (Lipinski definition) is 2. The zero-order valence-electron chi connectivity index (χ0n) is 10.8. The largest absolute Gasteiger partial charge is 0.372 e. The normalized spacial score (nSPS) is 26.4. The second kappa shape index (κ2) is 5.28.